The summed E-state index contributed by atoms with van der Waals surface area (Å²) in [6.07, 6.45) is 3.59. The van der Waals surface area contributed by atoms with E-state index in [2.05, 4.69) is 53.1 Å². The lowest BCUT2D eigenvalue weighted by Gasteiger charge is -2.29. The molecule has 3 rings (SSSR count). The fraction of sp³-hybridized carbons (Fsp3) is 0.529. The van der Waals surface area contributed by atoms with E-state index in [0.29, 0.717) is 4.77 Å². The Bertz CT molecular complexity index is 663. The van der Waals surface area contributed by atoms with Crippen LogP contribution in [-0.2, 0) is 13.1 Å². The Morgan fingerprint density at radius 3 is 2.55 bits per heavy atom. The Kier molecular flexibility index (Phi) is 4.74. The van der Waals surface area contributed by atoms with E-state index in [-0.39, 0.29) is 0 Å². The number of likely N-dealkylation sites (tertiary alicyclic amines) is 1. The van der Waals surface area contributed by atoms with Crippen LogP contribution in [0.2, 0.25) is 0 Å². The number of hydrogen-bond acceptors (Lipinski definition) is 3. The molecule has 4 nitrogen and oxygen atoms in total. The minimum Gasteiger partial charge on any atom is -0.284 e. The van der Waals surface area contributed by atoms with Gasteiger partial charge < -0.3 is 0 Å². The van der Waals surface area contributed by atoms with Crippen LogP contribution < -0.4 is 0 Å². The predicted octanol–water partition coefficient (Wildman–Crippen LogP) is 3.86. The van der Waals surface area contributed by atoms with E-state index in [0.717, 1.165) is 43.5 Å². The van der Waals surface area contributed by atoms with Crippen molar-refractivity contribution >= 4 is 12.2 Å². The normalized spacial score (nSPS) is 17.0. The van der Waals surface area contributed by atoms with Crippen molar-refractivity contribution < 1.29 is 0 Å². The van der Waals surface area contributed by atoms with Crippen LogP contribution in [0.4, 0.5) is 0 Å². The molecule has 2 heterocycles. The first-order chi connectivity index (χ1) is 10.7. The highest BCUT2D eigenvalue weighted by Crippen LogP contribution is 2.18. The van der Waals surface area contributed by atoms with Crippen LogP contribution in [0.1, 0.15) is 32.3 Å². The largest absolute Gasteiger partial charge is 0.284 e. The van der Waals surface area contributed by atoms with Gasteiger partial charge in [-0.2, -0.15) is 4.98 Å². The minimum absolute atomic E-state index is 0.633. The number of aryl methyl sites for hydroxylation is 1. The summed E-state index contributed by atoms with van der Waals surface area (Å²) < 4.78 is 2.61. The molecule has 1 fully saturated rings. The summed E-state index contributed by atoms with van der Waals surface area (Å²) in [6.45, 7) is 7.59. The third-order valence-electron chi connectivity index (χ3n) is 4.53. The molecule has 2 aromatic rings. The second kappa shape index (κ2) is 6.75. The standard InChI is InChI=1S/C17H24N4S/c1-3-14-4-6-15(7-5-14)16-18-17(22)21(19-16)12-20-10-8-13(2)9-11-20/h4-7,13H,3,8-12H2,1-2H3,(H,18,19,22). The average molecular weight is 316 g/mol. The Morgan fingerprint density at radius 2 is 1.91 bits per heavy atom. The Labute approximate surface area is 137 Å². The summed E-state index contributed by atoms with van der Waals surface area (Å²) in [5.74, 6) is 1.71. The fourth-order valence-corrected chi connectivity index (χ4v) is 3.08. The first-order valence-corrected chi connectivity index (χ1v) is 8.55. The minimum atomic E-state index is 0.633. The summed E-state index contributed by atoms with van der Waals surface area (Å²) in [7, 11) is 0. The lowest BCUT2D eigenvalue weighted by molar-refractivity contribution is 0.146. The lowest BCUT2D eigenvalue weighted by Crippen LogP contribution is -2.34. The van der Waals surface area contributed by atoms with E-state index < -0.39 is 0 Å². The van der Waals surface area contributed by atoms with E-state index in [1.165, 1.54) is 18.4 Å². The number of aromatic nitrogens is 3. The maximum Gasteiger partial charge on any atom is 0.217 e. The van der Waals surface area contributed by atoms with Gasteiger partial charge in [-0.1, -0.05) is 38.1 Å². The van der Waals surface area contributed by atoms with Gasteiger partial charge in [0.2, 0.25) is 4.77 Å². The van der Waals surface area contributed by atoms with Crippen molar-refractivity contribution in [2.45, 2.75) is 39.8 Å². The number of benzene rings is 1. The van der Waals surface area contributed by atoms with E-state index in [1.54, 1.807) is 0 Å². The van der Waals surface area contributed by atoms with Crippen LogP contribution in [-0.4, -0.2) is 32.8 Å². The predicted molar refractivity (Wildman–Crippen MR) is 92.2 cm³/mol. The topological polar surface area (TPSA) is 36.9 Å². The van der Waals surface area contributed by atoms with E-state index in [9.17, 15) is 0 Å². The van der Waals surface area contributed by atoms with Gasteiger partial charge >= 0.3 is 0 Å². The molecule has 0 atom stereocenters. The van der Waals surface area contributed by atoms with Gasteiger partial charge in [0.25, 0.3) is 0 Å². The third kappa shape index (κ3) is 3.47. The van der Waals surface area contributed by atoms with Gasteiger partial charge in [0.1, 0.15) is 0 Å². The number of hydrogen-bond donors (Lipinski definition) is 1. The Hall–Kier alpha value is -1.46. The average Bonchev–Trinajstić information content (AvgIpc) is 2.91. The number of nitrogens with one attached hydrogen (secondary N) is 1. The van der Waals surface area contributed by atoms with Crippen molar-refractivity contribution in [3.05, 3.63) is 34.6 Å². The van der Waals surface area contributed by atoms with Crippen LogP contribution in [0.25, 0.3) is 11.4 Å². The monoisotopic (exact) mass is 316 g/mol. The molecule has 22 heavy (non-hydrogen) atoms. The van der Waals surface area contributed by atoms with Gasteiger partial charge in [-0.15, -0.1) is 0 Å². The summed E-state index contributed by atoms with van der Waals surface area (Å²) in [6, 6.07) is 8.52. The number of piperidine rings is 1. The summed E-state index contributed by atoms with van der Waals surface area (Å²) in [4.78, 5) is 6.95. The molecule has 0 spiro atoms. The van der Waals surface area contributed by atoms with Crippen LogP contribution in [0.3, 0.4) is 0 Å². The first kappa shape index (κ1) is 15.4. The van der Waals surface area contributed by atoms with E-state index in [4.69, 9.17) is 12.2 Å². The zero-order valence-electron chi connectivity index (χ0n) is 13.4. The molecule has 1 aliphatic heterocycles. The van der Waals surface area contributed by atoms with Gasteiger partial charge in [0.15, 0.2) is 5.82 Å². The third-order valence-corrected chi connectivity index (χ3v) is 4.84. The fourth-order valence-electron chi connectivity index (χ4n) is 2.88. The van der Waals surface area contributed by atoms with Crippen molar-refractivity contribution in [1.29, 1.82) is 0 Å². The molecule has 0 aliphatic carbocycles. The zero-order chi connectivity index (χ0) is 15.5. The van der Waals surface area contributed by atoms with Crippen LogP contribution in [0.15, 0.2) is 24.3 Å². The van der Waals surface area contributed by atoms with E-state index in [1.807, 2.05) is 4.68 Å². The highest BCUT2D eigenvalue weighted by Gasteiger charge is 2.16. The van der Waals surface area contributed by atoms with Crippen molar-refractivity contribution in [1.82, 2.24) is 19.7 Å². The molecule has 1 aromatic heterocycles. The molecule has 1 N–H and O–H groups in total. The molecule has 0 amide bonds. The summed E-state index contributed by atoms with van der Waals surface area (Å²) >= 11 is 5.41. The molecular weight excluding hydrogens is 292 g/mol. The zero-order valence-corrected chi connectivity index (χ0v) is 14.2. The van der Waals surface area contributed by atoms with Crippen LogP contribution >= 0.6 is 12.2 Å². The van der Waals surface area contributed by atoms with Gasteiger partial charge in [-0.25, -0.2) is 4.68 Å². The molecule has 1 aliphatic rings. The maximum atomic E-state index is 5.41. The molecule has 1 aromatic carbocycles. The summed E-state index contributed by atoms with van der Waals surface area (Å²) in [5, 5.41) is 3.35. The lowest BCUT2D eigenvalue weighted by atomic mass is 10.00. The smallest absolute Gasteiger partial charge is 0.217 e. The number of aromatic amines is 1. The van der Waals surface area contributed by atoms with Crippen molar-refractivity contribution in [2.24, 2.45) is 5.92 Å². The highest BCUT2D eigenvalue weighted by molar-refractivity contribution is 7.71. The van der Waals surface area contributed by atoms with Crippen molar-refractivity contribution in [3.8, 4) is 11.4 Å². The van der Waals surface area contributed by atoms with Gasteiger partial charge in [0.05, 0.1) is 6.67 Å². The Morgan fingerprint density at radius 1 is 1.23 bits per heavy atom. The molecule has 118 valence electrons. The van der Waals surface area contributed by atoms with E-state index >= 15 is 0 Å². The molecular formula is C17H24N4S. The van der Waals surface area contributed by atoms with Gasteiger partial charge in [-0.3, -0.25) is 10.00 Å². The first-order valence-electron chi connectivity index (χ1n) is 8.14. The number of rotatable bonds is 4. The van der Waals surface area contributed by atoms with Crippen LogP contribution in [0.5, 0.6) is 0 Å². The number of H-pyrrole nitrogens is 1. The van der Waals surface area contributed by atoms with Crippen LogP contribution in [0, 0.1) is 10.7 Å². The van der Waals surface area contributed by atoms with Gasteiger partial charge in [0, 0.05) is 18.7 Å². The molecule has 0 saturated carbocycles. The van der Waals surface area contributed by atoms with Crippen molar-refractivity contribution in [2.75, 3.05) is 13.1 Å². The maximum absolute atomic E-state index is 5.41. The molecule has 0 radical (unpaired) electrons. The van der Waals surface area contributed by atoms with Gasteiger partial charge in [-0.05, 0) is 43.0 Å². The summed E-state index contributed by atoms with van der Waals surface area (Å²) in [5.41, 5.74) is 2.43. The molecule has 0 bridgehead atoms. The Balaban J connectivity index is 1.74. The molecule has 5 heteroatoms. The second-order valence-electron chi connectivity index (χ2n) is 6.28. The SMILES string of the molecule is CCc1ccc(-c2nc(=S)n(CN3CCC(C)CC3)[nH]2)cc1. The van der Waals surface area contributed by atoms with Crippen molar-refractivity contribution in [3.63, 3.8) is 0 Å². The quantitative estimate of drug-likeness (QED) is 0.870. The highest BCUT2D eigenvalue weighted by atomic mass is 32.1. The second-order valence-corrected chi connectivity index (χ2v) is 6.64. The molecule has 0 unspecified atom stereocenters. The number of nitrogens with zero attached hydrogens (tertiary/aromatic N) is 3. The molecule has 1 saturated heterocycles.